The summed E-state index contributed by atoms with van der Waals surface area (Å²) in [7, 11) is 0. The SMILES string of the molecule is Cc1c(C[C@H](C)NC(=O)OC(C)(C)C)cc2c(N(Cc3cccs3)C(=O)OC(C)(C)C)cc(Cl)nn12. The first kappa shape index (κ1) is 27.8. The number of anilines is 1. The molecule has 10 heteroatoms. The van der Waals surface area contributed by atoms with Crippen molar-refractivity contribution < 1.29 is 19.1 Å². The third kappa shape index (κ3) is 7.36. The van der Waals surface area contributed by atoms with E-state index in [4.69, 9.17) is 21.1 Å². The van der Waals surface area contributed by atoms with Gasteiger partial charge in [0.05, 0.1) is 17.7 Å². The highest BCUT2D eigenvalue weighted by Crippen LogP contribution is 2.31. The molecule has 3 heterocycles. The van der Waals surface area contributed by atoms with Crippen LogP contribution in [0.25, 0.3) is 5.52 Å². The van der Waals surface area contributed by atoms with Gasteiger partial charge in [0.2, 0.25) is 0 Å². The summed E-state index contributed by atoms with van der Waals surface area (Å²) in [6, 6.07) is 7.39. The summed E-state index contributed by atoms with van der Waals surface area (Å²) in [5.74, 6) is 0. The maximum Gasteiger partial charge on any atom is 0.415 e. The number of ether oxygens (including phenoxy) is 2. The number of aromatic nitrogens is 2. The highest BCUT2D eigenvalue weighted by molar-refractivity contribution is 7.09. The summed E-state index contributed by atoms with van der Waals surface area (Å²) >= 11 is 7.98. The quantitative estimate of drug-likeness (QED) is 0.378. The molecule has 0 aromatic carbocycles. The predicted octanol–water partition coefficient (Wildman–Crippen LogP) is 6.76. The Labute approximate surface area is 221 Å². The van der Waals surface area contributed by atoms with Gasteiger partial charge in [0.25, 0.3) is 0 Å². The standard InChI is InChI=1S/C26H35ClN4O4S/c1-16(28-23(32)34-25(3,4)5)12-18-13-21-20(14-22(27)29-31(21)17(18)2)30(15-19-10-9-11-36-19)24(33)35-26(6,7)8/h9-11,13-14,16H,12,15H2,1-8H3,(H,28,32)/t16-/m0/s1. The molecule has 0 aliphatic carbocycles. The van der Waals surface area contributed by atoms with Crippen LogP contribution in [0.5, 0.6) is 0 Å². The third-order valence-corrected chi connectivity index (χ3v) is 6.17. The molecule has 1 atom stereocenters. The molecule has 3 rings (SSSR count). The molecule has 0 unspecified atom stereocenters. The summed E-state index contributed by atoms with van der Waals surface area (Å²) in [6.07, 6.45) is -0.395. The molecule has 2 amide bonds. The van der Waals surface area contributed by atoms with Crippen LogP contribution in [0.3, 0.4) is 0 Å². The zero-order valence-corrected chi connectivity index (χ0v) is 23.7. The van der Waals surface area contributed by atoms with Gasteiger partial charge in [0, 0.05) is 22.7 Å². The van der Waals surface area contributed by atoms with E-state index in [1.54, 1.807) is 26.8 Å². The van der Waals surface area contributed by atoms with Crippen LogP contribution in [0.2, 0.25) is 5.15 Å². The Bertz CT molecular complexity index is 1230. The molecule has 1 N–H and O–H groups in total. The molecule has 0 bridgehead atoms. The fourth-order valence-electron chi connectivity index (χ4n) is 3.71. The lowest BCUT2D eigenvalue weighted by Crippen LogP contribution is -2.38. The molecule has 0 radical (unpaired) electrons. The van der Waals surface area contributed by atoms with Crippen LogP contribution in [0.4, 0.5) is 15.3 Å². The molecule has 0 aliphatic rings. The van der Waals surface area contributed by atoms with E-state index in [0.29, 0.717) is 18.7 Å². The first-order valence-corrected chi connectivity index (χ1v) is 13.1. The van der Waals surface area contributed by atoms with Gasteiger partial charge in [-0.25, -0.2) is 14.1 Å². The van der Waals surface area contributed by atoms with E-state index >= 15 is 0 Å². The number of fused-ring (bicyclic) bond motifs is 1. The highest BCUT2D eigenvalue weighted by Gasteiger charge is 2.27. The van der Waals surface area contributed by atoms with Crippen molar-refractivity contribution in [3.8, 4) is 0 Å². The highest BCUT2D eigenvalue weighted by atomic mass is 35.5. The monoisotopic (exact) mass is 534 g/mol. The number of hydrogen-bond donors (Lipinski definition) is 1. The van der Waals surface area contributed by atoms with Gasteiger partial charge in [-0.05, 0) is 84.9 Å². The first-order valence-electron chi connectivity index (χ1n) is 11.8. The third-order valence-electron chi connectivity index (χ3n) is 5.12. The van der Waals surface area contributed by atoms with Gasteiger partial charge in [0.15, 0.2) is 5.15 Å². The number of carbonyl (C=O) groups excluding carboxylic acids is 2. The number of nitrogens with one attached hydrogen (secondary N) is 1. The van der Waals surface area contributed by atoms with Crippen molar-refractivity contribution in [3.05, 3.63) is 50.9 Å². The summed E-state index contributed by atoms with van der Waals surface area (Å²) in [5.41, 5.74) is 1.91. The molecule has 3 aromatic rings. The second-order valence-corrected chi connectivity index (χ2v) is 12.2. The maximum absolute atomic E-state index is 13.3. The molecule has 0 saturated heterocycles. The topological polar surface area (TPSA) is 85.2 Å². The van der Waals surface area contributed by atoms with Gasteiger partial charge in [-0.2, -0.15) is 5.10 Å². The van der Waals surface area contributed by atoms with Crippen LogP contribution in [-0.2, 0) is 22.4 Å². The average Bonchev–Trinajstić information content (AvgIpc) is 3.32. The van der Waals surface area contributed by atoms with Crippen LogP contribution in [0, 0.1) is 6.92 Å². The van der Waals surface area contributed by atoms with Crippen molar-refractivity contribution in [2.75, 3.05) is 4.90 Å². The predicted molar refractivity (Wildman–Crippen MR) is 144 cm³/mol. The van der Waals surface area contributed by atoms with Crippen molar-refractivity contribution in [2.45, 2.75) is 85.6 Å². The van der Waals surface area contributed by atoms with Gasteiger partial charge >= 0.3 is 12.2 Å². The van der Waals surface area contributed by atoms with E-state index in [-0.39, 0.29) is 11.2 Å². The average molecular weight is 535 g/mol. The number of hydrogen-bond acceptors (Lipinski definition) is 6. The first-order chi connectivity index (χ1) is 16.6. The van der Waals surface area contributed by atoms with E-state index in [1.807, 2.05) is 79.0 Å². The molecule has 0 aliphatic heterocycles. The Balaban J connectivity index is 1.98. The fourth-order valence-corrected chi connectivity index (χ4v) is 4.58. The number of halogens is 1. The number of amides is 2. The maximum atomic E-state index is 13.3. The van der Waals surface area contributed by atoms with Crippen molar-refractivity contribution >= 4 is 46.3 Å². The molecule has 36 heavy (non-hydrogen) atoms. The number of rotatable bonds is 6. The van der Waals surface area contributed by atoms with Gasteiger partial charge in [-0.3, -0.25) is 4.90 Å². The summed E-state index contributed by atoms with van der Waals surface area (Å²) < 4.78 is 12.8. The molecule has 0 fully saturated rings. The molecule has 0 spiro atoms. The van der Waals surface area contributed by atoms with Gasteiger partial charge in [-0.1, -0.05) is 17.7 Å². The van der Waals surface area contributed by atoms with Crippen LogP contribution in [0.1, 0.15) is 64.6 Å². The second-order valence-electron chi connectivity index (χ2n) is 10.8. The van der Waals surface area contributed by atoms with E-state index in [1.165, 1.54) is 0 Å². The number of carbonyl (C=O) groups is 2. The van der Waals surface area contributed by atoms with E-state index in [9.17, 15) is 9.59 Å². The minimum absolute atomic E-state index is 0.192. The Morgan fingerprint density at radius 3 is 2.42 bits per heavy atom. The Kier molecular flexibility index (Phi) is 8.25. The molecular formula is C26H35ClN4O4S. The van der Waals surface area contributed by atoms with Crippen molar-refractivity contribution in [1.82, 2.24) is 14.9 Å². The normalized spacial score (nSPS) is 12.9. The van der Waals surface area contributed by atoms with Gasteiger partial charge in [0.1, 0.15) is 11.2 Å². The van der Waals surface area contributed by atoms with Crippen molar-refractivity contribution in [3.63, 3.8) is 0 Å². The number of alkyl carbamates (subject to hydrolysis) is 1. The Morgan fingerprint density at radius 2 is 1.83 bits per heavy atom. The molecule has 0 saturated carbocycles. The van der Waals surface area contributed by atoms with E-state index in [2.05, 4.69) is 10.4 Å². The minimum atomic E-state index is -0.663. The van der Waals surface area contributed by atoms with Crippen LogP contribution in [-0.4, -0.2) is 39.0 Å². The molecule has 196 valence electrons. The Hall–Kier alpha value is -2.78. The second kappa shape index (κ2) is 10.7. The lowest BCUT2D eigenvalue weighted by atomic mass is 10.1. The minimum Gasteiger partial charge on any atom is -0.444 e. The summed E-state index contributed by atoms with van der Waals surface area (Å²) in [6.45, 7) is 15.2. The van der Waals surface area contributed by atoms with E-state index < -0.39 is 23.4 Å². The number of thiophene rings is 1. The van der Waals surface area contributed by atoms with Crippen molar-refractivity contribution in [2.24, 2.45) is 0 Å². The van der Waals surface area contributed by atoms with Gasteiger partial charge in [-0.15, -0.1) is 11.3 Å². The molecular weight excluding hydrogens is 500 g/mol. The molecule has 3 aromatic heterocycles. The van der Waals surface area contributed by atoms with E-state index in [0.717, 1.165) is 21.7 Å². The lowest BCUT2D eigenvalue weighted by Gasteiger charge is -2.27. The van der Waals surface area contributed by atoms with Gasteiger partial charge < -0.3 is 14.8 Å². The largest absolute Gasteiger partial charge is 0.444 e. The Morgan fingerprint density at radius 1 is 1.17 bits per heavy atom. The summed E-state index contributed by atoms with van der Waals surface area (Å²) in [4.78, 5) is 28.1. The number of aryl methyl sites for hydroxylation is 1. The fraction of sp³-hybridized carbons (Fsp3) is 0.500. The zero-order valence-electron chi connectivity index (χ0n) is 22.1. The lowest BCUT2D eigenvalue weighted by molar-refractivity contribution is 0.0506. The smallest absolute Gasteiger partial charge is 0.415 e. The zero-order chi connectivity index (χ0) is 26.8. The summed E-state index contributed by atoms with van der Waals surface area (Å²) in [5, 5.41) is 9.58. The van der Waals surface area contributed by atoms with Crippen LogP contribution < -0.4 is 10.2 Å². The van der Waals surface area contributed by atoms with Crippen LogP contribution >= 0.6 is 22.9 Å². The molecule has 8 nitrogen and oxygen atoms in total. The van der Waals surface area contributed by atoms with Crippen molar-refractivity contribution in [1.29, 1.82) is 0 Å². The van der Waals surface area contributed by atoms with Crippen LogP contribution in [0.15, 0.2) is 29.6 Å². The number of nitrogens with zero attached hydrogens (tertiary/aromatic N) is 3.